The second-order valence-electron chi connectivity index (χ2n) is 3.55. The molecule has 0 aromatic carbocycles. The summed E-state index contributed by atoms with van der Waals surface area (Å²) in [7, 11) is 0. The number of hydrogen-bond acceptors (Lipinski definition) is 4. The van der Waals surface area contributed by atoms with E-state index in [9.17, 15) is 14.4 Å². The summed E-state index contributed by atoms with van der Waals surface area (Å²) in [6.07, 6.45) is 0.137. The highest BCUT2D eigenvalue weighted by Crippen LogP contribution is 2.10. The largest absolute Gasteiger partial charge is 0.466 e. The van der Waals surface area contributed by atoms with Crippen LogP contribution in [0.3, 0.4) is 0 Å². The summed E-state index contributed by atoms with van der Waals surface area (Å²) in [5.74, 6) is -1.53. The molecule has 0 saturated heterocycles. The summed E-state index contributed by atoms with van der Waals surface area (Å²) < 4.78 is 5.23. The molecule has 3 N–H and O–H groups in total. The van der Waals surface area contributed by atoms with E-state index in [-0.39, 0.29) is 25.9 Å². The predicted octanol–water partition coefficient (Wildman–Crippen LogP) is 0.598. The first-order valence-electron chi connectivity index (χ1n) is 5.44. The number of amides is 2. The number of primary amides is 1. The predicted molar refractivity (Wildman–Crippen MR) is 69.7 cm³/mol. The molecule has 6 nitrogen and oxygen atoms in total. The van der Waals surface area contributed by atoms with Crippen molar-refractivity contribution in [1.82, 2.24) is 5.32 Å². The number of ether oxygens (including phenoxy) is 1. The Hall–Kier alpha value is -1.37. The van der Waals surface area contributed by atoms with Crippen molar-refractivity contribution in [3.05, 3.63) is 11.1 Å². The fourth-order valence-corrected chi connectivity index (χ4v) is 1.48. The van der Waals surface area contributed by atoms with E-state index >= 15 is 0 Å². The zero-order chi connectivity index (χ0) is 14.1. The summed E-state index contributed by atoms with van der Waals surface area (Å²) in [5, 5.41) is 2.43. The highest BCUT2D eigenvalue weighted by Gasteiger charge is 2.18. The summed E-state index contributed by atoms with van der Waals surface area (Å²) in [6, 6.07) is -0.827. The summed E-state index contributed by atoms with van der Waals surface area (Å²) in [5.41, 5.74) is 5.13. The molecule has 0 unspecified atom stereocenters. The highest BCUT2D eigenvalue weighted by molar-refractivity contribution is 9.11. The van der Waals surface area contributed by atoms with Crippen molar-refractivity contribution in [1.29, 1.82) is 0 Å². The number of rotatable bonds is 8. The van der Waals surface area contributed by atoms with Crippen LogP contribution >= 0.6 is 15.9 Å². The zero-order valence-corrected chi connectivity index (χ0v) is 11.8. The fourth-order valence-electron chi connectivity index (χ4n) is 1.16. The average molecular weight is 321 g/mol. The van der Waals surface area contributed by atoms with E-state index < -0.39 is 23.8 Å². The minimum absolute atomic E-state index is 0.0274. The molecule has 102 valence electrons. The first kappa shape index (κ1) is 16.6. The Kier molecular flexibility index (Phi) is 8.02. The second kappa shape index (κ2) is 8.68. The summed E-state index contributed by atoms with van der Waals surface area (Å²) >= 11 is 3.09. The van der Waals surface area contributed by atoms with Crippen LogP contribution in [-0.2, 0) is 19.1 Å². The van der Waals surface area contributed by atoms with Gasteiger partial charge in [-0.15, -0.1) is 0 Å². The van der Waals surface area contributed by atoms with Gasteiger partial charge in [0.2, 0.25) is 11.8 Å². The molecule has 18 heavy (non-hydrogen) atoms. The third kappa shape index (κ3) is 7.83. The van der Waals surface area contributed by atoms with Crippen LogP contribution in [0.25, 0.3) is 0 Å². The van der Waals surface area contributed by atoms with Crippen molar-refractivity contribution in [2.75, 3.05) is 6.61 Å². The van der Waals surface area contributed by atoms with E-state index in [4.69, 9.17) is 5.73 Å². The Morgan fingerprint density at radius 2 is 2.00 bits per heavy atom. The van der Waals surface area contributed by atoms with Gasteiger partial charge in [0.25, 0.3) is 0 Å². The minimum atomic E-state index is -0.827. The van der Waals surface area contributed by atoms with Gasteiger partial charge in [0.1, 0.15) is 6.04 Å². The molecular formula is C11H17BrN2O4. The minimum Gasteiger partial charge on any atom is -0.466 e. The smallest absolute Gasteiger partial charge is 0.306 e. The lowest BCUT2D eigenvalue weighted by molar-refractivity contribution is -0.144. The number of carbonyl (C=O) groups excluding carboxylic acids is 3. The molecule has 0 aromatic rings. The first-order chi connectivity index (χ1) is 8.36. The van der Waals surface area contributed by atoms with Crippen molar-refractivity contribution in [3.63, 3.8) is 0 Å². The number of nitrogens with two attached hydrogens (primary N) is 1. The Morgan fingerprint density at radius 3 is 2.44 bits per heavy atom. The molecule has 0 aliphatic carbocycles. The van der Waals surface area contributed by atoms with E-state index in [2.05, 4.69) is 32.6 Å². The summed E-state index contributed by atoms with van der Waals surface area (Å²) in [6.45, 7) is 5.52. The molecule has 0 saturated carbocycles. The number of carbonyl (C=O) groups is 3. The number of nitrogens with one attached hydrogen (secondary N) is 1. The van der Waals surface area contributed by atoms with Crippen LogP contribution in [-0.4, -0.2) is 30.4 Å². The van der Waals surface area contributed by atoms with Crippen molar-refractivity contribution in [2.45, 2.75) is 32.2 Å². The average Bonchev–Trinajstić information content (AvgIpc) is 2.25. The van der Waals surface area contributed by atoms with E-state index in [0.717, 1.165) is 0 Å². The third-order valence-corrected chi connectivity index (χ3v) is 2.29. The Balaban J connectivity index is 4.14. The molecule has 0 aromatic heterocycles. The first-order valence-corrected chi connectivity index (χ1v) is 6.23. The second-order valence-corrected chi connectivity index (χ2v) is 4.67. The maximum absolute atomic E-state index is 11.5. The monoisotopic (exact) mass is 320 g/mol. The highest BCUT2D eigenvalue weighted by atomic mass is 79.9. The normalized spacial score (nSPS) is 11.4. The van der Waals surface area contributed by atoms with Gasteiger partial charge in [-0.3, -0.25) is 14.4 Å². The molecule has 0 bridgehead atoms. The van der Waals surface area contributed by atoms with Gasteiger partial charge in [-0.25, -0.2) is 0 Å². The van der Waals surface area contributed by atoms with Gasteiger partial charge in [-0.2, -0.15) is 0 Å². The Bertz CT molecular complexity index is 344. The number of hydrogen-bond donors (Lipinski definition) is 2. The molecular weight excluding hydrogens is 304 g/mol. The van der Waals surface area contributed by atoms with Crippen molar-refractivity contribution in [3.8, 4) is 0 Å². The molecule has 0 heterocycles. The Morgan fingerprint density at radius 1 is 1.39 bits per heavy atom. The standard InChI is InChI=1S/C11H17BrN2O4/c1-3-18-10(16)5-4-9(15)14-8(11(13)17)6-7(2)12/h8H,2-6H2,1H3,(H2,13,17)(H,14,15)/t8-/m1/s1. The lowest BCUT2D eigenvalue weighted by Gasteiger charge is -2.14. The summed E-state index contributed by atoms with van der Waals surface area (Å²) in [4.78, 5) is 33.6. The quantitative estimate of drug-likeness (QED) is 0.640. The number of halogens is 1. The number of esters is 1. The molecule has 1 atom stereocenters. The molecule has 0 aliphatic rings. The van der Waals surface area contributed by atoms with E-state index in [0.29, 0.717) is 4.48 Å². The van der Waals surface area contributed by atoms with Crippen molar-refractivity contribution < 1.29 is 19.1 Å². The maximum Gasteiger partial charge on any atom is 0.306 e. The van der Waals surface area contributed by atoms with Crippen LogP contribution in [0.2, 0.25) is 0 Å². The molecule has 0 rings (SSSR count). The lowest BCUT2D eigenvalue weighted by Crippen LogP contribution is -2.44. The van der Waals surface area contributed by atoms with Crippen LogP contribution in [0.1, 0.15) is 26.2 Å². The maximum atomic E-state index is 11.5. The lowest BCUT2D eigenvalue weighted by atomic mass is 10.2. The molecule has 0 fully saturated rings. The van der Waals surface area contributed by atoms with Gasteiger partial charge in [-0.1, -0.05) is 22.5 Å². The van der Waals surface area contributed by atoms with Crippen LogP contribution in [0.4, 0.5) is 0 Å². The van der Waals surface area contributed by atoms with Gasteiger partial charge in [0, 0.05) is 12.8 Å². The van der Waals surface area contributed by atoms with Gasteiger partial charge >= 0.3 is 5.97 Å². The van der Waals surface area contributed by atoms with Crippen LogP contribution in [0, 0.1) is 0 Å². The molecule has 2 amide bonds. The van der Waals surface area contributed by atoms with Crippen LogP contribution in [0.15, 0.2) is 11.1 Å². The van der Waals surface area contributed by atoms with Crippen LogP contribution in [0.5, 0.6) is 0 Å². The van der Waals surface area contributed by atoms with E-state index in [1.54, 1.807) is 6.92 Å². The fraction of sp³-hybridized carbons (Fsp3) is 0.545. The molecule has 0 radical (unpaired) electrons. The third-order valence-electron chi connectivity index (χ3n) is 1.97. The van der Waals surface area contributed by atoms with Gasteiger partial charge < -0.3 is 15.8 Å². The molecule has 0 aliphatic heterocycles. The SMILES string of the molecule is C=C(Br)C[C@@H](NC(=O)CCC(=O)OCC)C(N)=O. The topological polar surface area (TPSA) is 98.5 Å². The van der Waals surface area contributed by atoms with Gasteiger partial charge in [-0.05, 0) is 11.4 Å². The van der Waals surface area contributed by atoms with Gasteiger partial charge in [0.05, 0.1) is 13.0 Å². The molecule has 7 heteroatoms. The zero-order valence-electron chi connectivity index (χ0n) is 10.2. The Labute approximate surface area is 114 Å². The molecule has 0 spiro atoms. The van der Waals surface area contributed by atoms with Crippen LogP contribution < -0.4 is 11.1 Å². The van der Waals surface area contributed by atoms with Crippen molar-refractivity contribution in [2.24, 2.45) is 5.73 Å². The van der Waals surface area contributed by atoms with E-state index in [1.165, 1.54) is 0 Å². The van der Waals surface area contributed by atoms with Gasteiger partial charge in [0.15, 0.2) is 0 Å². The van der Waals surface area contributed by atoms with E-state index in [1.807, 2.05) is 0 Å². The van der Waals surface area contributed by atoms with Crippen molar-refractivity contribution >= 4 is 33.7 Å².